The molecule has 0 N–H and O–H groups in total. The zero-order valence-electron chi connectivity index (χ0n) is 10.5. The highest BCUT2D eigenvalue weighted by Crippen LogP contribution is 2.26. The maximum atomic E-state index is 5.85. The van der Waals surface area contributed by atoms with Crippen LogP contribution in [0.4, 0.5) is 0 Å². The summed E-state index contributed by atoms with van der Waals surface area (Å²) in [7, 11) is 0. The van der Waals surface area contributed by atoms with Crippen LogP contribution in [0.15, 0.2) is 54.6 Å². The van der Waals surface area contributed by atoms with Crippen molar-refractivity contribution in [2.75, 3.05) is 0 Å². The van der Waals surface area contributed by atoms with Crippen LogP contribution in [0.3, 0.4) is 0 Å². The van der Waals surface area contributed by atoms with Crippen LogP contribution in [0.5, 0.6) is 5.75 Å². The summed E-state index contributed by atoms with van der Waals surface area (Å²) in [6.45, 7) is 2.57. The van der Waals surface area contributed by atoms with Gasteiger partial charge >= 0.3 is 0 Å². The van der Waals surface area contributed by atoms with E-state index in [4.69, 9.17) is 11.2 Å². The summed E-state index contributed by atoms with van der Waals surface area (Å²) in [4.78, 5) is 0. The molecule has 2 aromatic carbocycles. The molecule has 0 saturated heterocycles. The Bertz CT molecular complexity index is 537. The van der Waals surface area contributed by atoms with Gasteiger partial charge in [-0.3, -0.25) is 0 Å². The molecule has 0 radical (unpaired) electrons. The second-order valence-corrected chi connectivity index (χ2v) is 4.20. The van der Waals surface area contributed by atoms with E-state index >= 15 is 0 Å². The average molecular weight is 236 g/mol. The van der Waals surface area contributed by atoms with Crippen molar-refractivity contribution in [2.24, 2.45) is 0 Å². The minimum absolute atomic E-state index is 0.0666. The van der Waals surface area contributed by atoms with Crippen molar-refractivity contribution < 1.29 is 4.74 Å². The molecule has 2 rings (SSSR count). The lowest BCUT2D eigenvalue weighted by molar-refractivity contribution is 0.302. The van der Waals surface area contributed by atoms with Crippen molar-refractivity contribution in [3.63, 3.8) is 0 Å². The number of rotatable bonds is 4. The summed E-state index contributed by atoms with van der Waals surface area (Å²) >= 11 is 0. The maximum absolute atomic E-state index is 5.85. The van der Waals surface area contributed by atoms with Crippen LogP contribution in [-0.2, 0) is 6.61 Å². The number of hydrogen-bond acceptors (Lipinski definition) is 1. The first kappa shape index (κ1) is 12.3. The van der Waals surface area contributed by atoms with Gasteiger partial charge in [-0.15, -0.1) is 6.42 Å². The summed E-state index contributed by atoms with van der Waals surface area (Å²) in [5, 5.41) is 0. The highest BCUT2D eigenvalue weighted by Gasteiger charge is 2.08. The van der Waals surface area contributed by atoms with Gasteiger partial charge in [0.1, 0.15) is 12.4 Å². The number of terminal acetylenes is 1. The number of hydrogen-bond donors (Lipinski definition) is 0. The van der Waals surface area contributed by atoms with Crippen molar-refractivity contribution >= 4 is 0 Å². The quantitative estimate of drug-likeness (QED) is 0.729. The predicted octanol–water partition coefficient (Wildman–Crippen LogP) is 4.00. The molecule has 1 unspecified atom stereocenters. The van der Waals surface area contributed by atoms with Gasteiger partial charge in [-0.25, -0.2) is 0 Å². The smallest absolute Gasteiger partial charge is 0.124 e. The fraction of sp³-hybridized carbons (Fsp3) is 0.176. The lowest BCUT2D eigenvalue weighted by Crippen LogP contribution is -2.00. The van der Waals surface area contributed by atoms with Crippen LogP contribution in [0.25, 0.3) is 0 Å². The Balaban J connectivity index is 2.13. The molecule has 2 aromatic rings. The largest absolute Gasteiger partial charge is 0.489 e. The molecule has 0 aliphatic heterocycles. The first-order valence-electron chi connectivity index (χ1n) is 6.03. The topological polar surface area (TPSA) is 9.23 Å². The molecular formula is C17H16O. The Morgan fingerprint density at radius 2 is 1.72 bits per heavy atom. The third-order valence-electron chi connectivity index (χ3n) is 2.87. The predicted molar refractivity (Wildman–Crippen MR) is 74.5 cm³/mol. The van der Waals surface area contributed by atoms with E-state index in [-0.39, 0.29) is 5.92 Å². The van der Waals surface area contributed by atoms with Crippen LogP contribution in [0.2, 0.25) is 0 Å². The van der Waals surface area contributed by atoms with Gasteiger partial charge in [0.15, 0.2) is 0 Å². The Morgan fingerprint density at radius 3 is 2.44 bits per heavy atom. The Kier molecular flexibility index (Phi) is 4.04. The molecule has 0 fully saturated rings. The van der Waals surface area contributed by atoms with E-state index in [1.54, 1.807) is 0 Å². The van der Waals surface area contributed by atoms with E-state index in [2.05, 4.69) is 5.92 Å². The first-order valence-corrected chi connectivity index (χ1v) is 6.03. The van der Waals surface area contributed by atoms with Crippen LogP contribution >= 0.6 is 0 Å². The normalized spacial score (nSPS) is 11.6. The second-order valence-electron chi connectivity index (χ2n) is 4.20. The zero-order chi connectivity index (χ0) is 12.8. The van der Waals surface area contributed by atoms with Gasteiger partial charge in [0, 0.05) is 11.5 Å². The fourth-order valence-electron chi connectivity index (χ4n) is 1.79. The zero-order valence-corrected chi connectivity index (χ0v) is 10.5. The van der Waals surface area contributed by atoms with E-state index in [1.807, 2.05) is 61.5 Å². The Labute approximate surface area is 108 Å². The van der Waals surface area contributed by atoms with Gasteiger partial charge in [0.2, 0.25) is 0 Å². The summed E-state index contributed by atoms with van der Waals surface area (Å²) < 4.78 is 5.85. The van der Waals surface area contributed by atoms with E-state index in [9.17, 15) is 0 Å². The number of ether oxygens (including phenoxy) is 1. The minimum Gasteiger partial charge on any atom is -0.489 e. The van der Waals surface area contributed by atoms with E-state index in [0.717, 1.165) is 16.9 Å². The highest BCUT2D eigenvalue weighted by molar-refractivity contribution is 5.39. The Hall–Kier alpha value is -2.20. The third kappa shape index (κ3) is 2.93. The lowest BCUT2D eigenvalue weighted by atomic mass is 10.0. The van der Waals surface area contributed by atoms with E-state index in [1.165, 1.54) is 0 Å². The van der Waals surface area contributed by atoms with E-state index < -0.39 is 0 Å². The molecule has 1 atom stereocenters. The van der Waals surface area contributed by atoms with Gasteiger partial charge in [-0.2, -0.15) is 0 Å². The van der Waals surface area contributed by atoms with Crippen LogP contribution in [0, 0.1) is 12.3 Å². The molecule has 0 aliphatic rings. The SMILES string of the molecule is C#CC(C)c1ccccc1OCc1ccccc1. The standard InChI is InChI=1S/C17H16O/c1-3-14(2)16-11-7-8-12-17(16)18-13-15-9-5-4-6-10-15/h1,4-12,14H,13H2,2H3. The molecule has 0 aromatic heterocycles. The van der Waals surface area contributed by atoms with Gasteiger partial charge < -0.3 is 4.74 Å². The van der Waals surface area contributed by atoms with Crippen molar-refractivity contribution in [3.05, 3.63) is 65.7 Å². The molecule has 0 amide bonds. The van der Waals surface area contributed by atoms with Gasteiger partial charge in [-0.1, -0.05) is 54.5 Å². The maximum Gasteiger partial charge on any atom is 0.124 e. The molecule has 0 spiro atoms. The molecule has 1 heteroatoms. The fourth-order valence-corrected chi connectivity index (χ4v) is 1.79. The average Bonchev–Trinajstić information content (AvgIpc) is 2.45. The molecule has 0 saturated carbocycles. The van der Waals surface area contributed by atoms with Crippen molar-refractivity contribution in [2.45, 2.75) is 19.4 Å². The molecule has 18 heavy (non-hydrogen) atoms. The van der Waals surface area contributed by atoms with Crippen LogP contribution in [0.1, 0.15) is 24.0 Å². The van der Waals surface area contributed by atoms with Gasteiger partial charge in [0.05, 0.1) is 0 Å². The highest BCUT2D eigenvalue weighted by atomic mass is 16.5. The monoisotopic (exact) mass is 236 g/mol. The van der Waals surface area contributed by atoms with Crippen LogP contribution in [-0.4, -0.2) is 0 Å². The number of benzene rings is 2. The molecular weight excluding hydrogens is 220 g/mol. The molecule has 1 nitrogen and oxygen atoms in total. The number of para-hydroxylation sites is 1. The summed E-state index contributed by atoms with van der Waals surface area (Å²) in [5.41, 5.74) is 2.22. The van der Waals surface area contributed by atoms with Gasteiger partial charge in [-0.05, 0) is 18.6 Å². The first-order chi connectivity index (χ1) is 8.81. The summed E-state index contributed by atoms with van der Waals surface area (Å²) in [5.74, 6) is 3.67. The Morgan fingerprint density at radius 1 is 1.06 bits per heavy atom. The van der Waals surface area contributed by atoms with Gasteiger partial charge in [0.25, 0.3) is 0 Å². The van der Waals surface area contributed by atoms with E-state index in [0.29, 0.717) is 6.61 Å². The van der Waals surface area contributed by atoms with Crippen molar-refractivity contribution in [3.8, 4) is 18.1 Å². The molecule has 90 valence electrons. The second kappa shape index (κ2) is 5.93. The third-order valence-corrected chi connectivity index (χ3v) is 2.87. The molecule has 0 bridgehead atoms. The molecule has 0 heterocycles. The minimum atomic E-state index is 0.0666. The van der Waals surface area contributed by atoms with Crippen molar-refractivity contribution in [1.82, 2.24) is 0 Å². The van der Waals surface area contributed by atoms with Crippen LogP contribution < -0.4 is 4.74 Å². The lowest BCUT2D eigenvalue weighted by Gasteiger charge is -2.13. The van der Waals surface area contributed by atoms with Crippen molar-refractivity contribution in [1.29, 1.82) is 0 Å². The summed E-state index contributed by atoms with van der Waals surface area (Å²) in [6.07, 6.45) is 5.47. The molecule has 0 aliphatic carbocycles. The summed E-state index contributed by atoms with van der Waals surface area (Å²) in [6, 6.07) is 18.0.